The first-order chi connectivity index (χ1) is 13.0. The van der Waals surface area contributed by atoms with Crippen LogP contribution in [0.15, 0.2) is 54.6 Å². The molecule has 1 unspecified atom stereocenters. The van der Waals surface area contributed by atoms with E-state index in [-0.39, 0.29) is 17.7 Å². The van der Waals surface area contributed by atoms with Crippen LogP contribution in [0.1, 0.15) is 31.9 Å². The van der Waals surface area contributed by atoms with Crippen molar-refractivity contribution in [2.75, 3.05) is 18.5 Å². The Morgan fingerprint density at radius 2 is 1.70 bits per heavy atom. The molecule has 0 bridgehead atoms. The number of nitrogens with one attached hydrogen (secondary N) is 2. The summed E-state index contributed by atoms with van der Waals surface area (Å²) in [5.74, 6) is 0.447. The largest absolute Gasteiger partial charge is 0.492 e. The highest BCUT2D eigenvalue weighted by atomic mass is 16.5. The van der Waals surface area contributed by atoms with E-state index in [1.54, 1.807) is 24.3 Å². The number of amides is 2. The molecule has 0 fully saturated rings. The van der Waals surface area contributed by atoms with Gasteiger partial charge in [-0.25, -0.2) is 0 Å². The first kappa shape index (κ1) is 20.5. The minimum atomic E-state index is -0.759. The van der Waals surface area contributed by atoms with Crippen LogP contribution >= 0.6 is 0 Å². The van der Waals surface area contributed by atoms with Gasteiger partial charge >= 0.3 is 0 Å². The number of rotatable bonds is 9. The molecule has 2 aromatic rings. The SMILES string of the molecule is CC(C)CC(=O)NC(C(=O)Nc1ccc(OCCN)cc1)c1ccccc1. The van der Waals surface area contributed by atoms with Crippen LogP contribution in [0.25, 0.3) is 0 Å². The minimum absolute atomic E-state index is 0.153. The molecule has 144 valence electrons. The standard InChI is InChI=1S/C21H27N3O3/c1-15(2)14-19(25)24-20(16-6-4-3-5-7-16)21(26)23-17-8-10-18(11-9-17)27-13-12-22/h3-11,15,20H,12-14,22H2,1-2H3,(H,23,26)(H,24,25). The Balaban J connectivity index is 2.10. The first-order valence-corrected chi connectivity index (χ1v) is 9.07. The van der Waals surface area contributed by atoms with Crippen molar-refractivity contribution < 1.29 is 14.3 Å². The highest BCUT2D eigenvalue weighted by Crippen LogP contribution is 2.19. The van der Waals surface area contributed by atoms with E-state index in [1.807, 2.05) is 44.2 Å². The van der Waals surface area contributed by atoms with Gasteiger partial charge in [-0.2, -0.15) is 0 Å². The van der Waals surface area contributed by atoms with Crippen LogP contribution < -0.4 is 21.1 Å². The van der Waals surface area contributed by atoms with Gasteiger partial charge in [0.05, 0.1) is 0 Å². The lowest BCUT2D eigenvalue weighted by Crippen LogP contribution is -2.37. The van der Waals surface area contributed by atoms with Gasteiger partial charge < -0.3 is 21.1 Å². The first-order valence-electron chi connectivity index (χ1n) is 9.07. The molecule has 2 amide bonds. The summed E-state index contributed by atoms with van der Waals surface area (Å²) in [6.07, 6.45) is 0.365. The van der Waals surface area contributed by atoms with Crippen molar-refractivity contribution in [1.29, 1.82) is 0 Å². The van der Waals surface area contributed by atoms with Crippen LogP contribution in [0.3, 0.4) is 0 Å². The molecule has 0 heterocycles. The third-order valence-electron chi connectivity index (χ3n) is 3.80. The zero-order chi connectivity index (χ0) is 19.6. The number of carbonyl (C=O) groups is 2. The van der Waals surface area contributed by atoms with E-state index in [0.717, 1.165) is 5.56 Å². The summed E-state index contributed by atoms with van der Waals surface area (Å²) in [6.45, 7) is 4.80. The highest BCUT2D eigenvalue weighted by Gasteiger charge is 2.23. The number of carbonyl (C=O) groups excluding carboxylic acids is 2. The third-order valence-corrected chi connectivity index (χ3v) is 3.80. The van der Waals surface area contributed by atoms with Crippen LogP contribution in [0, 0.1) is 5.92 Å². The number of benzene rings is 2. The van der Waals surface area contributed by atoms with Gasteiger partial charge in [0.25, 0.3) is 5.91 Å². The van der Waals surface area contributed by atoms with Crippen LogP contribution in [0.5, 0.6) is 5.75 Å². The molecule has 0 radical (unpaired) electrons. The van der Waals surface area contributed by atoms with E-state index < -0.39 is 6.04 Å². The van der Waals surface area contributed by atoms with Crippen molar-refractivity contribution in [1.82, 2.24) is 5.32 Å². The van der Waals surface area contributed by atoms with Gasteiger partial charge in [-0.15, -0.1) is 0 Å². The molecule has 0 aliphatic heterocycles. The van der Waals surface area contributed by atoms with Crippen LogP contribution in [-0.2, 0) is 9.59 Å². The molecule has 6 nitrogen and oxygen atoms in total. The minimum Gasteiger partial charge on any atom is -0.492 e. The molecule has 0 spiro atoms. The fraction of sp³-hybridized carbons (Fsp3) is 0.333. The van der Waals surface area contributed by atoms with Gasteiger partial charge in [0.2, 0.25) is 5.91 Å². The van der Waals surface area contributed by atoms with E-state index in [1.165, 1.54) is 0 Å². The lowest BCUT2D eigenvalue weighted by molar-refractivity contribution is -0.127. The van der Waals surface area contributed by atoms with Gasteiger partial charge in [0, 0.05) is 18.7 Å². The molecule has 0 saturated carbocycles. The number of hydrogen-bond acceptors (Lipinski definition) is 4. The number of ether oxygens (including phenoxy) is 1. The van der Waals surface area contributed by atoms with E-state index in [4.69, 9.17) is 10.5 Å². The van der Waals surface area contributed by atoms with Gasteiger partial charge in [-0.3, -0.25) is 9.59 Å². The van der Waals surface area contributed by atoms with Crippen molar-refractivity contribution in [3.8, 4) is 5.75 Å². The predicted octanol–water partition coefficient (Wildman–Crippen LogP) is 2.87. The Kier molecular flexibility index (Phi) is 7.82. The summed E-state index contributed by atoms with van der Waals surface area (Å²) in [4.78, 5) is 25.0. The molecular formula is C21H27N3O3. The Bertz CT molecular complexity index is 730. The molecule has 0 aromatic heterocycles. The second-order valence-corrected chi connectivity index (χ2v) is 6.66. The molecular weight excluding hydrogens is 342 g/mol. The smallest absolute Gasteiger partial charge is 0.251 e. The van der Waals surface area contributed by atoms with Crippen LogP contribution in [-0.4, -0.2) is 25.0 Å². The Labute approximate surface area is 160 Å². The normalized spacial score (nSPS) is 11.7. The molecule has 4 N–H and O–H groups in total. The predicted molar refractivity (Wildman–Crippen MR) is 106 cm³/mol. The Morgan fingerprint density at radius 1 is 1.04 bits per heavy atom. The zero-order valence-electron chi connectivity index (χ0n) is 15.8. The van der Waals surface area contributed by atoms with Gasteiger partial charge in [-0.1, -0.05) is 44.2 Å². The maximum Gasteiger partial charge on any atom is 0.251 e. The van der Waals surface area contributed by atoms with Crippen LogP contribution in [0.2, 0.25) is 0 Å². The monoisotopic (exact) mass is 369 g/mol. The fourth-order valence-electron chi connectivity index (χ4n) is 2.56. The Morgan fingerprint density at radius 3 is 2.30 bits per heavy atom. The topological polar surface area (TPSA) is 93.5 Å². The van der Waals surface area contributed by atoms with Crippen molar-refractivity contribution in [3.63, 3.8) is 0 Å². The quantitative estimate of drug-likeness (QED) is 0.634. The van der Waals surface area contributed by atoms with E-state index in [9.17, 15) is 9.59 Å². The van der Waals surface area contributed by atoms with Crippen molar-refractivity contribution in [2.45, 2.75) is 26.3 Å². The van der Waals surface area contributed by atoms with E-state index in [2.05, 4.69) is 10.6 Å². The molecule has 2 aromatic carbocycles. The lowest BCUT2D eigenvalue weighted by Gasteiger charge is -2.19. The Hall–Kier alpha value is -2.86. The highest BCUT2D eigenvalue weighted by molar-refractivity contribution is 5.97. The summed E-state index contributed by atoms with van der Waals surface area (Å²) >= 11 is 0. The van der Waals surface area contributed by atoms with E-state index in [0.29, 0.717) is 31.0 Å². The second-order valence-electron chi connectivity index (χ2n) is 6.66. The number of hydrogen-bond donors (Lipinski definition) is 3. The summed E-state index contributed by atoms with van der Waals surface area (Å²) < 4.78 is 5.43. The molecule has 0 aliphatic carbocycles. The molecule has 2 rings (SSSR count). The molecule has 27 heavy (non-hydrogen) atoms. The molecule has 6 heteroatoms. The second kappa shape index (κ2) is 10.3. The summed E-state index contributed by atoms with van der Waals surface area (Å²) in [5, 5.41) is 5.68. The lowest BCUT2D eigenvalue weighted by atomic mass is 10.0. The van der Waals surface area contributed by atoms with Gasteiger partial charge in [0.15, 0.2) is 0 Å². The molecule has 0 aliphatic rings. The maximum atomic E-state index is 12.8. The molecule has 1 atom stereocenters. The average molecular weight is 369 g/mol. The van der Waals surface area contributed by atoms with Crippen molar-refractivity contribution >= 4 is 17.5 Å². The third kappa shape index (κ3) is 6.75. The summed E-state index contributed by atoms with van der Waals surface area (Å²) in [7, 11) is 0. The molecule has 0 saturated heterocycles. The number of anilines is 1. The zero-order valence-corrected chi connectivity index (χ0v) is 15.8. The maximum absolute atomic E-state index is 12.8. The summed E-state index contributed by atoms with van der Waals surface area (Å²) in [6, 6.07) is 15.5. The van der Waals surface area contributed by atoms with Gasteiger partial charge in [-0.05, 0) is 35.7 Å². The number of nitrogens with two attached hydrogens (primary N) is 1. The summed E-state index contributed by atoms with van der Waals surface area (Å²) in [5.41, 5.74) is 6.77. The van der Waals surface area contributed by atoms with Crippen LogP contribution in [0.4, 0.5) is 5.69 Å². The fourth-order valence-corrected chi connectivity index (χ4v) is 2.56. The van der Waals surface area contributed by atoms with Crippen molar-refractivity contribution in [2.24, 2.45) is 11.7 Å². The average Bonchev–Trinajstić information content (AvgIpc) is 2.65. The van der Waals surface area contributed by atoms with E-state index >= 15 is 0 Å². The van der Waals surface area contributed by atoms with Crippen molar-refractivity contribution in [3.05, 3.63) is 60.2 Å². The van der Waals surface area contributed by atoms with Gasteiger partial charge in [0.1, 0.15) is 18.4 Å².